The standard InChI is InChI=1S/C12H13F2NO2/c1-7(16)15-11(12-6-17-12)4-8-2-9(13)5-10(14)3-8/h2-3,5,11-12H,4,6H2,1H3,(H,15,16)/t11-,12+/m0/s1. The van der Waals surface area contributed by atoms with E-state index in [-0.39, 0.29) is 18.1 Å². The molecule has 1 heterocycles. The number of ether oxygens (including phenoxy) is 1. The van der Waals surface area contributed by atoms with Gasteiger partial charge in [0.25, 0.3) is 0 Å². The minimum Gasteiger partial charge on any atom is -0.371 e. The van der Waals surface area contributed by atoms with Gasteiger partial charge in [-0.15, -0.1) is 0 Å². The highest BCUT2D eigenvalue weighted by Gasteiger charge is 2.33. The first-order valence-electron chi connectivity index (χ1n) is 5.38. The van der Waals surface area contributed by atoms with Crippen molar-refractivity contribution in [2.75, 3.05) is 6.61 Å². The number of benzene rings is 1. The van der Waals surface area contributed by atoms with Crippen LogP contribution in [0.2, 0.25) is 0 Å². The maximum atomic E-state index is 13.0. The molecule has 0 saturated carbocycles. The van der Waals surface area contributed by atoms with E-state index in [1.807, 2.05) is 0 Å². The zero-order valence-corrected chi connectivity index (χ0v) is 9.37. The summed E-state index contributed by atoms with van der Waals surface area (Å²) in [6.07, 6.45) is 0.309. The third-order valence-corrected chi connectivity index (χ3v) is 2.57. The van der Waals surface area contributed by atoms with Crippen molar-refractivity contribution in [2.24, 2.45) is 0 Å². The van der Waals surface area contributed by atoms with E-state index in [2.05, 4.69) is 5.32 Å². The number of carbonyl (C=O) groups is 1. The van der Waals surface area contributed by atoms with Gasteiger partial charge in [-0.05, 0) is 24.1 Å². The highest BCUT2D eigenvalue weighted by atomic mass is 19.1. The summed E-state index contributed by atoms with van der Waals surface area (Å²) in [7, 11) is 0. The smallest absolute Gasteiger partial charge is 0.217 e. The Morgan fingerprint density at radius 3 is 2.53 bits per heavy atom. The van der Waals surface area contributed by atoms with Gasteiger partial charge < -0.3 is 10.1 Å². The van der Waals surface area contributed by atoms with Crippen molar-refractivity contribution < 1.29 is 18.3 Å². The average Bonchev–Trinajstić information content (AvgIpc) is 2.96. The zero-order chi connectivity index (χ0) is 12.4. The highest BCUT2D eigenvalue weighted by molar-refractivity contribution is 5.73. The predicted octanol–water partition coefficient (Wildman–Crippen LogP) is 1.41. The van der Waals surface area contributed by atoms with Crippen molar-refractivity contribution in [2.45, 2.75) is 25.5 Å². The maximum Gasteiger partial charge on any atom is 0.217 e. The van der Waals surface area contributed by atoms with Gasteiger partial charge >= 0.3 is 0 Å². The number of rotatable bonds is 4. The molecule has 0 radical (unpaired) electrons. The molecule has 1 aromatic rings. The molecule has 1 amide bonds. The third kappa shape index (κ3) is 3.49. The fraction of sp³-hybridized carbons (Fsp3) is 0.417. The van der Waals surface area contributed by atoms with Gasteiger partial charge in [0.15, 0.2) is 0 Å². The Morgan fingerprint density at radius 2 is 2.06 bits per heavy atom. The Bertz CT molecular complexity index is 412. The molecule has 1 fully saturated rings. The molecule has 0 unspecified atom stereocenters. The van der Waals surface area contributed by atoms with Gasteiger partial charge in [0.2, 0.25) is 5.91 Å². The molecule has 1 saturated heterocycles. The Kier molecular flexibility index (Phi) is 3.38. The summed E-state index contributed by atoms with van der Waals surface area (Å²) in [5.74, 6) is -1.40. The minimum absolute atomic E-state index is 0.0507. The van der Waals surface area contributed by atoms with E-state index < -0.39 is 11.6 Å². The summed E-state index contributed by atoms with van der Waals surface area (Å²) in [5.41, 5.74) is 0.511. The fourth-order valence-electron chi connectivity index (χ4n) is 1.81. The van der Waals surface area contributed by atoms with E-state index in [4.69, 9.17) is 4.74 Å². The van der Waals surface area contributed by atoms with Crippen LogP contribution in [0, 0.1) is 11.6 Å². The van der Waals surface area contributed by atoms with Crippen LogP contribution in [0.3, 0.4) is 0 Å². The molecule has 92 valence electrons. The van der Waals surface area contributed by atoms with Gasteiger partial charge in [-0.25, -0.2) is 8.78 Å². The van der Waals surface area contributed by atoms with Crippen LogP contribution in [0.5, 0.6) is 0 Å². The molecule has 3 nitrogen and oxygen atoms in total. The lowest BCUT2D eigenvalue weighted by molar-refractivity contribution is -0.119. The SMILES string of the molecule is CC(=O)N[C@@H](Cc1cc(F)cc(F)c1)[C@H]1CO1. The lowest BCUT2D eigenvalue weighted by atomic mass is 10.0. The van der Waals surface area contributed by atoms with Crippen molar-refractivity contribution in [3.8, 4) is 0 Å². The molecule has 1 aromatic carbocycles. The molecule has 2 atom stereocenters. The first-order chi connectivity index (χ1) is 8.04. The summed E-state index contributed by atoms with van der Waals surface area (Å²) >= 11 is 0. The molecule has 1 aliphatic heterocycles. The second kappa shape index (κ2) is 4.79. The van der Waals surface area contributed by atoms with E-state index in [0.717, 1.165) is 6.07 Å². The third-order valence-electron chi connectivity index (χ3n) is 2.57. The molecule has 0 aromatic heterocycles. The second-order valence-electron chi connectivity index (χ2n) is 4.16. The van der Waals surface area contributed by atoms with Crippen molar-refractivity contribution in [1.82, 2.24) is 5.32 Å². The van der Waals surface area contributed by atoms with E-state index in [0.29, 0.717) is 18.6 Å². The number of amides is 1. The van der Waals surface area contributed by atoms with Crippen molar-refractivity contribution >= 4 is 5.91 Å². The molecule has 0 bridgehead atoms. The summed E-state index contributed by atoms with van der Waals surface area (Å²) < 4.78 is 31.1. The molecule has 1 N–H and O–H groups in total. The number of epoxide rings is 1. The summed E-state index contributed by atoms with van der Waals surface area (Å²) in [5, 5.41) is 2.72. The van der Waals surface area contributed by atoms with Gasteiger partial charge in [-0.3, -0.25) is 4.79 Å². The topological polar surface area (TPSA) is 41.6 Å². The average molecular weight is 241 g/mol. The highest BCUT2D eigenvalue weighted by Crippen LogP contribution is 2.19. The molecule has 0 aliphatic carbocycles. The van der Waals surface area contributed by atoms with Crippen LogP contribution in [0.4, 0.5) is 8.78 Å². The van der Waals surface area contributed by atoms with Crippen molar-refractivity contribution in [1.29, 1.82) is 0 Å². The fourth-order valence-corrected chi connectivity index (χ4v) is 1.81. The van der Waals surface area contributed by atoms with Gasteiger partial charge in [-0.2, -0.15) is 0 Å². The molecule has 2 rings (SSSR count). The molecular weight excluding hydrogens is 228 g/mol. The largest absolute Gasteiger partial charge is 0.371 e. The number of nitrogens with one attached hydrogen (secondary N) is 1. The molecule has 0 spiro atoms. The van der Waals surface area contributed by atoms with E-state index in [1.165, 1.54) is 19.1 Å². The van der Waals surface area contributed by atoms with Crippen molar-refractivity contribution in [3.05, 3.63) is 35.4 Å². The van der Waals surface area contributed by atoms with Crippen LogP contribution in [0.25, 0.3) is 0 Å². The van der Waals surface area contributed by atoms with Crippen LogP contribution in [-0.2, 0) is 16.0 Å². The van der Waals surface area contributed by atoms with E-state index >= 15 is 0 Å². The Balaban J connectivity index is 2.08. The van der Waals surface area contributed by atoms with Crippen LogP contribution < -0.4 is 5.32 Å². The van der Waals surface area contributed by atoms with Crippen molar-refractivity contribution in [3.63, 3.8) is 0 Å². The van der Waals surface area contributed by atoms with Gasteiger partial charge in [-0.1, -0.05) is 0 Å². The molecule has 5 heteroatoms. The Hall–Kier alpha value is -1.49. The van der Waals surface area contributed by atoms with Crippen LogP contribution in [0.15, 0.2) is 18.2 Å². The number of carbonyl (C=O) groups excluding carboxylic acids is 1. The summed E-state index contributed by atoms with van der Waals surface area (Å²) in [4.78, 5) is 11.0. The predicted molar refractivity (Wildman–Crippen MR) is 57.4 cm³/mol. The van der Waals surface area contributed by atoms with Crippen LogP contribution >= 0.6 is 0 Å². The van der Waals surface area contributed by atoms with Crippen LogP contribution in [-0.4, -0.2) is 24.7 Å². The lowest BCUT2D eigenvalue weighted by Gasteiger charge is -2.15. The summed E-state index contributed by atoms with van der Waals surface area (Å²) in [6.45, 7) is 1.98. The molecule has 17 heavy (non-hydrogen) atoms. The number of hydrogen-bond donors (Lipinski definition) is 1. The van der Waals surface area contributed by atoms with Gasteiger partial charge in [0, 0.05) is 13.0 Å². The second-order valence-corrected chi connectivity index (χ2v) is 4.16. The lowest BCUT2D eigenvalue weighted by Crippen LogP contribution is -2.39. The van der Waals surface area contributed by atoms with Crippen LogP contribution in [0.1, 0.15) is 12.5 Å². The summed E-state index contributed by atoms with van der Waals surface area (Å²) in [6, 6.07) is 3.12. The Morgan fingerprint density at radius 1 is 1.47 bits per heavy atom. The molecule has 1 aliphatic rings. The van der Waals surface area contributed by atoms with E-state index in [9.17, 15) is 13.6 Å². The normalized spacial score (nSPS) is 19.8. The first-order valence-corrected chi connectivity index (χ1v) is 5.38. The number of hydrogen-bond acceptors (Lipinski definition) is 2. The zero-order valence-electron chi connectivity index (χ0n) is 9.37. The quantitative estimate of drug-likeness (QED) is 0.810. The Labute approximate surface area is 97.8 Å². The number of halogens is 2. The molecular formula is C12H13F2NO2. The van der Waals surface area contributed by atoms with Gasteiger partial charge in [0.1, 0.15) is 17.7 Å². The maximum absolute atomic E-state index is 13.0. The van der Waals surface area contributed by atoms with Gasteiger partial charge in [0.05, 0.1) is 12.6 Å². The monoisotopic (exact) mass is 241 g/mol. The minimum atomic E-state index is -0.613. The van der Waals surface area contributed by atoms with E-state index in [1.54, 1.807) is 0 Å². The first kappa shape index (κ1) is 12.0.